The zero-order valence-corrected chi connectivity index (χ0v) is 11.5. The summed E-state index contributed by atoms with van der Waals surface area (Å²) in [5.41, 5.74) is 0. The van der Waals surface area contributed by atoms with Gasteiger partial charge in [-0.15, -0.1) is 0 Å². The zero-order valence-electron chi connectivity index (χ0n) is 11.5. The second-order valence-corrected chi connectivity index (χ2v) is 4.77. The van der Waals surface area contributed by atoms with Gasteiger partial charge in [-0.25, -0.2) is 0 Å². The van der Waals surface area contributed by atoms with Crippen LogP contribution in [0.1, 0.15) is 6.42 Å². The van der Waals surface area contributed by atoms with Crippen LogP contribution in [-0.2, 0) is 14.3 Å². The van der Waals surface area contributed by atoms with E-state index in [4.69, 9.17) is 9.47 Å². The van der Waals surface area contributed by atoms with E-state index in [1.165, 1.54) is 4.90 Å². The molecule has 0 unspecified atom stereocenters. The highest BCUT2D eigenvalue weighted by Crippen LogP contribution is 2.15. The number of aromatic amines is 1. The van der Waals surface area contributed by atoms with E-state index >= 15 is 0 Å². The molecule has 1 aromatic heterocycles. The quantitative estimate of drug-likeness (QED) is 0.686. The average molecular weight is 282 g/mol. The van der Waals surface area contributed by atoms with Gasteiger partial charge in [0, 0.05) is 14.1 Å². The van der Waals surface area contributed by atoms with Gasteiger partial charge in [0.05, 0.1) is 31.6 Å². The molecule has 2 N–H and O–H groups in total. The average Bonchev–Trinajstić information content (AvgIpc) is 3.02. The van der Waals surface area contributed by atoms with Crippen LogP contribution in [0, 0.1) is 0 Å². The van der Waals surface area contributed by atoms with Gasteiger partial charge in [-0.3, -0.25) is 14.7 Å². The summed E-state index contributed by atoms with van der Waals surface area (Å²) in [5.74, 6) is 0.0119. The molecular weight excluding hydrogens is 264 g/mol. The molecule has 8 heteroatoms. The Balaban J connectivity index is 1.84. The summed E-state index contributed by atoms with van der Waals surface area (Å²) in [7, 11) is 3.22. The summed E-state index contributed by atoms with van der Waals surface area (Å²) in [6.45, 7) is 0.752. The summed E-state index contributed by atoms with van der Waals surface area (Å²) >= 11 is 0. The summed E-state index contributed by atoms with van der Waals surface area (Å²) in [4.78, 5) is 24.6. The molecule has 1 aliphatic rings. The van der Waals surface area contributed by atoms with Crippen molar-refractivity contribution >= 4 is 11.8 Å². The van der Waals surface area contributed by atoms with E-state index < -0.39 is 0 Å². The molecule has 0 aliphatic carbocycles. The molecule has 2 atom stereocenters. The van der Waals surface area contributed by atoms with Gasteiger partial charge in [-0.2, -0.15) is 5.10 Å². The van der Waals surface area contributed by atoms with Crippen molar-refractivity contribution in [3.63, 3.8) is 0 Å². The van der Waals surface area contributed by atoms with E-state index in [-0.39, 0.29) is 30.4 Å². The number of nitrogens with one attached hydrogen (secondary N) is 2. The van der Waals surface area contributed by atoms with Gasteiger partial charge in [-0.1, -0.05) is 0 Å². The molecule has 2 heterocycles. The van der Waals surface area contributed by atoms with Gasteiger partial charge in [0.15, 0.2) is 5.75 Å². The maximum absolute atomic E-state index is 11.8. The molecule has 0 spiro atoms. The Kier molecular flexibility index (Phi) is 4.57. The third-order valence-electron chi connectivity index (χ3n) is 2.95. The minimum atomic E-state index is -0.333. The highest BCUT2D eigenvalue weighted by atomic mass is 16.5. The SMILES string of the molecule is CN(C)C(=O)CC(=O)N[C@H]1COC[C@H]1Oc1cn[nH]c1. The number of ether oxygens (including phenoxy) is 2. The van der Waals surface area contributed by atoms with Crippen LogP contribution in [0.2, 0.25) is 0 Å². The Labute approximate surface area is 116 Å². The number of H-pyrrole nitrogens is 1. The lowest BCUT2D eigenvalue weighted by atomic mass is 10.2. The van der Waals surface area contributed by atoms with Crippen molar-refractivity contribution in [1.82, 2.24) is 20.4 Å². The van der Waals surface area contributed by atoms with Gasteiger partial charge < -0.3 is 19.7 Å². The molecule has 20 heavy (non-hydrogen) atoms. The minimum Gasteiger partial charge on any atom is -0.482 e. The van der Waals surface area contributed by atoms with Crippen molar-refractivity contribution in [2.75, 3.05) is 27.3 Å². The van der Waals surface area contributed by atoms with Crippen molar-refractivity contribution in [2.45, 2.75) is 18.6 Å². The molecule has 0 bridgehead atoms. The number of carbonyl (C=O) groups is 2. The molecule has 1 fully saturated rings. The first-order valence-corrected chi connectivity index (χ1v) is 6.29. The van der Waals surface area contributed by atoms with Crippen LogP contribution in [0.3, 0.4) is 0 Å². The lowest BCUT2D eigenvalue weighted by Crippen LogP contribution is -2.46. The maximum atomic E-state index is 11.8. The maximum Gasteiger partial charge on any atom is 0.231 e. The van der Waals surface area contributed by atoms with E-state index in [1.807, 2.05) is 0 Å². The first-order valence-electron chi connectivity index (χ1n) is 6.29. The lowest BCUT2D eigenvalue weighted by Gasteiger charge is -2.20. The Morgan fingerprint density at radius 1 is 1.55 bits per heavy atom. The van der Waals surface area contributed by atoms with Crippen molar-refractivity contribution in [3.05, 3.63) is 12.4 Å². The van der Waals surface area contributed by atoms with Gasteiger partial charge in [-0.05, 0) is 0 Å². The third kappa shape index (κ3) is 3.70. The molecule has 110 valence electrons. The summed E-state index contributed by atoms with van der Waals surface area (Å²) in [6, 6.07) is -0.271. The van der Waals surface area contributed by atoms with Crippen molar-refractivity contribution in [2.24, 2.45) is 0 Å². The van der Waals surface area contributed by atoms with Crippen molar-refractivity contribution in [3.8, 4) is 5.75 Å². The van der Waals surface area contributed by atoms with E-state index in [0.717, 1.165) is 0 Å². The summed E-state index contributed by atoms with van der Waals surface area (Å²) in [6.07, 6.45) is 2.70. The fraction of sp³-hybridized carbons (Fsp3) is 0.583. The number of hydrogen-bond acceptors (Lipinski definition) is 5. The van der Waals surface area contributed by atoms with Crippen LogP contribution < -0.4 is 10.1 Å². The molecule has 2 amide bonds. The highest BCUT2D eigenvalue weighted by Gasteiger charge is 2.32. The molecule has 2 rings (SSSR count). The Hall–Kier alpha value is -2.09. The lowest BCUT2D eigenvalue weighted by molar-refractivity contribution is -0.134. The third-order valence-corrected chi connectivity index (χ3v) is 2.95. The van der Waals surface area contributed by atoms with Crippen LogP contribution in [-0.4, -0.2) is 66.4 Å². The Morgan fingerprint density at radius 3 is 3.00 bits per heavy atom. The first kappa shape index (κ1) is 14.3. The number of aromatic nitrogens is 2. The highest BCUT2D eigenvalue weighted by molar-refractivity contribution is 5.96. The van der Waals surface area contributed by atoms with Crippen LogP contribution in [0.15, 0.2) is 12.4 Å². The van der Waals surface area contributed by atoms with Gasteiger partial charge in [0.1, 0.15) is 12.5 Å². The standard InChI is InChI=1S/C12H18N4O4/c1-16(2)12(18)3-11(17)15-9-6-19-7-10(9)20-8-4-13-14-5-8/h4-5,9-10H,3,6-7H2,1-2H3,(H,13,14)(H,15,17)/t9-,10+/m0/s1. The molecule has 8 nitrogen and oxygen atoms in total. The number of rotatable bonds is 5. The second-order valence-electron chi connectivity index (χ2n) is 4.77. The first-order chi connectivity index (χ1) is 9.56. The molecule has 0 saturated carbocycles. The number of hydrogen-bond donors (Lipinski definition) is 2. The minimum absolute atomic E-state index is 0.179. The summed E-state index contributed by atoms with van der Waals surface area (Å²) in [5, 5.41) is 9.19. The Bertz CT molecular complexity index is 460. The van der Waals surface area contributed by atoms with Crippen LogP contribution in [0.25, 0.3) is 0 Å². The van der Waals surface area contributed by atoms with Gasteiger partial charge in [0.25, 0.3) is 0 Å². The normalized spacial score (nSPS) is 21.5. The largest absolute Gasteiger partial charge is 0.482 e. The number of nitrogens with zero attached hydrogens (tertiary/aromatic N) is 2. The van der Waals surface area contributed by atoms with E-state index in [1.54, 1.807) is 26.5 Å². The van der Waals surface area contributed by atoms with Crippen molar-refractivity contribution < 1.29 is 19.1 Å². The van der Waals surface area contributed by atoms with Crippen LogP contribution >= 0.6 is 0 Å². The van der Waals surface area contributed by atoms with Crippen molar-refractivity contribution in [1.29, 1.82) is 0 Å². The molecule has 0 aromatic carbocycles. The van der Waals surface area contributed by atoms with Gasteiger partial charge in [0.2, 0.25) is 11.8 Å². The molecular formula is C12H18N4O4. The van der Waals surface area contributed by atoms with E-state index in [2.05, 4.69) is 15.5 Å². The fourth-order valence-electron chi connectivity index (χ4n) is 1.82. The van der Waals surface area contributed by atoms with E-state index in [9.17, 15) is 9.59 Å². The Morgan fingerprint density at radius 2 is 2.35 bits per heavy atom. The number of carbonyl (C=O) groups excluding carboxylic acids is 2. The second kappa shape index (κ2) is 6.38. The monoisotopic (exact) mass is 282 g/mol. The van der Waals surface area contributed by atoms with Crippen LogP contribution in [0.4, 0.5) is 0 Å². The smallest absolute Gasteiger partial charge is 0.231 e. The van der Waals surface area contributed by atoms with Gasteiger partial charge >= 0.3 is 0 Å². The molecule has 1 aliphatic heterocycles. The fourth-order valence-corrected chi connectivity index (χ4v) is 1.82. The topological polar surface area (TPSA) is 96.6 Å². The molecule has 1 saturated heterocycles. The molecule has 0 radical (unpaired) electrons. The van der Waals surface area contributed by atoms with E-state index in [0.29, 0.717) is 19.0 Å². The molecule has 1 aromatic rings. The zero-order chi connectivity index (χ0) is 14.5. The van der Waals surface area contributed by atoms with Crippen LogP contribution in [0.5, 0.6) is 5.75 Å². The predicted octanol–water partition coefficient (Wildman–Crippen LogP) is -0.850. The summed E-state index contributed by atoms with van der Waals surface area (Å²) < 4.78 is 11.0. The predicted molar refractivity (Wildman–Crippen MR) is 69.1 cm³/mol. The number of amides is 2.